The number of hydrogen-bond donors (Lipinski definition) is 0. The van der Waals surface area contributed by atoms with E-state index < -0.39 is 10.0 Å². The quantitative estimate of drug-likeness (QED) is 0.401. The average molecular weight is 587 g/mol. The molecule has 10 heteroatoms. The third-order valence-corrected chi connectivity index (χ3v) is 8.87. The maximum Gasteiger partial charge on any atom is 0.243 e. The Morgan fingerprint density at radius 2 is 1.54 bits per heavy atom. The Hall–Kier alpha value is -2.92. The van der Waals surface area contributed by atoms with Crippen molar-refractivity contribution < 1.29 is 22.7 Å². The third-order valence-electron chi connectivity index (χ3n) is 6.53. The molecule has 0 unspecified atom stereocenters. The van der Waals surface area contributed by atoms with Gasteiger partial charge < -0.3 is 14.4 Å². The van der Waals surface area contributed by atoms with Gasteiger partial charge >= 0.3 is 0 Å². The lowest BCUT2D eigenvalue weighted by Crippen LogP contribution is -2.51. The monoisotopic (exact) mass is 585 g/mol. The van der Waals surface area contributed by atoms with E-state index in [4.69, 9.17) is 9.47 Å². The molecule has 37 heavy (non-hydrogen) atoms. The summed E-state index contributed by atoms with van der Waals surface area (Å²) in [5.41, 5.74) is 1.93. The molecule has 2 aliphatic rings. The molecule has 0 atom stereocenters. The van der Waals surface area contributed by atoms with E-state index in [1.807, 2.05) is 42.5 Å². The van der Waals surface area contributed by atoms with Crippen molar-refractivity contribution >= 4 is 31.9 Å². The van der Waals surface area contributed by atoms with Crippen LogP contribution in [-0.2, 0) is 27.9 Å². The fourth-order valence-corrected chi connectivity index (χ4v) is 6.13. The molecule has 0 bridgehead atoms. The van der Waals surface area contributed by atoms with Crippen LogP contribution in [0.1, 0.15) is 11.1 Å². The lowest BCUT2D eigenvalue weighted by Gasteiger charge is -2.35. The number of fused-ring (bicyclic) bond motifs is 1. The normalized spacial score (nSPS) is 15.8. The molecule has 3 aromatic rings. The number of nitrogens with zero attached hydrogens (tertiary/aromatic N) is 3. The van der Waals surface area contributed by atoms with E-state index in [2.05, 4.69) is 20.8 Å². The van der Waals surface area contributed by atoms with Gasteiger partial charge in [-0.3, -0.25) is 9.69 Å². The lowest BCUT2D eigenvalue weighted by atomic mass is 10.1. The Labute approximate surface area is 225 Å². The van der Waals surface area contributed by atoms with Crippen molar-refractivity contribution in [3.8, 4) is 11.5 Å². The number of ether oxygens (including phenoxy) is 2. The first-order valence-corrected chi connectivity index (χ1v) is 14.3. The van der Waals surface area contributed by atoms with Gasteiger partial charge in [0.15, 0.2) is 11.5 Å². The van der Waals surface area contributed by atoms with Gasteiger partial charge in [0.1, 0.15) is 0 Å². The van der Waals surface area contributed by atoms with Crippen LogP contribution in [0.15, 0.2) is 82.2 Å². The van der Waals surface area contributed by atoms with Crippen LogP contribution >= 0.6 is 15.9 Å². The summed E-state index contributed by atoms with van der Waals surface area (Å²) in [6, 6.07) is 21.6. The summed E-state index contributed by atoms with van der Waals surface area (Å²) in [4.78, 5) is 17.5. The SMILES string of the molecule is O=C(CN(Cc1ccc(Br)cc1)S(=O)(=O)c1ccccc1)N1CCN(Cc2ccc3c(c2)OCO3)CC1. The van der Waals surface area contributed by atoms with Gasteiger partial charge in [0.25, 0.3) is 0 Å². The molecule has 1 fully saturated rings. The summed E-state index contributed by atoms with van der Waals surface area (Å²) in [5, 5.41) is 0. The Kier molecular flexibility index (Phi) is 7.80. The highest BCUT2D eigenvalue weighted by Gasteiger charge is 2.30. The van der Waals surface area contributed by atoms with Gasteiger partial charge in [-0.2, -0.15) is 4.31 Å². The van der Waals surface area contributed by atoms with Gasteiger partial charge in [-0.05, 0) is 47.5 Å². The zero-order valence-electron chi connectivity index (χ0n) is 20.3. The van der Waals surface area contributed by atoms with E-state index >= 15 is 0 Å². The van der Waals surface area contributed by atoms with Crippen molar-refractivity contribution in [2.75, 3.05) is 39.5 Å². The van der Waals surface area contributed by atoms with E-state index in [9.17, 15) is 13.2 Å². The molecule has 0 saturated carbocycles. The Balaban J connectivity index is 1.24. The summed E-state index contributed by atoms with van der Waals surface area (Å²) >= 11 is 3.41. The Bertz CT molecular complexity index is 1340. The second-order valence-electron chi connectivity index (χ2n) is 9.06. The smallest absolute Gasteiger partial charge is 0.243 e. The zero-order chi connectivity index (χ0) is 25.8. The van der Waals surface area contributed by atoms with Crippen LogP contribution in [0.25, 0.3) is 0 Å². The number of sulfonamides is 1. The van der Waals surface area contributed by atoms with Crippen molar-refractivity contribution in [3.05, 3.63) is 88.4 Å². The first kappa shape index (κ1) is 25.7. The minimum absolute atomic E-state index is 0.111. The topological polar surface area (TPSA) is 79.4 Å². The standard InChI is InChI=1S/C27H28BrN3O5S/c28-23-9-6-21(7-10-23)18-31(37(33,34)24-4-2-1-3-5-24)19-27(32)30-14-12-29(13-15-30)17-22-8-11-25-26(16-22)36-20-35-25/h1-11,16H,12-15,17-20H2. The first-order valence-electron chi connectivity index (χ1n) is 12.1. The number of piperazine rings is 1. The zero-order valence-corrected chi connectivity index (χ0v) is 22.7. The van der Waals surface area contributed by atoms with Crippen LogP contribution in [0.5, 0.6) is 11.5 Å². The number of carbonyl (C=O) groups excluding carboxylic acids is 1. The fraction of sp³-hybridized carbons (Fsp3) is 0.296. The average Bonchev–Trinajstić information content (AvgIpc) is 3.38. The molecular formula is C27H28BrN3O5S. The maximum absolute atomic E-state index is 13.5. The van der Waals surface area contributed by atoms with Crippen LogP contribution in [0.4, 0.5) is 0 Å². The minimum Gasteiger partial charge on any atom is -0.454 e. The largest absolute Gasteiger partial charge is 0.454 e. The number of carbonyl (C=O) groups is 1. The van der Waals surface area contributed by atoms with Gasteiger partial charge in [0, 0.05) is 43.7 Å². The van der Waals surface area contributed by atoms with Gasteiger partial charge in [-0.25, -0.2) is 8.42 Å². The molecule has 3 aromatic carbocycles. The fourth-order valence-electron chi connectivity index (χ4n) is 4.46. The second-order valence-corrected chi connectivity index (χ2v) is 11.9. The molecular weight excluding hydrogens is 558 g/mol. The van der Waals surface area contributed by atoms with Crippen LogP contribution in [0.3, 0.4) is 0 Å². The third kappa shape index (κ3) is 6.15. The van der Waals surface area contributed by atoms with Gasteiger partial charge in [0.2, 0.25) is 22.7 Å². The molecule has 0 N–H and O–H groups in total. The predicted molar refractivity (Wildman–Crippen MR) is 143 cm³/mol. The van der Waals surface area contributed by atoms with Crippen molar-refractivity contribution in [3.63, 3.8) is 0 Å². The van der Waals surface area contributed by atoms with Crippen LogP contribution < -0.4 is 9.47 Å². The summed E-state index contributed by atoms with van der Waals surface area (Å²) in [6.45, 7) is 3.39. The molecule has 0 spiro atoms. The van der Waals surface area contributed by atoms with Gasteiger partial charge in [-0.15, -0.1) is 0 Å². The summed E-state index contributed by atoms with van der Waals surface area (Å²) in [6.07, 6.45) is 0. The molecule has 2 heterocycles. The Morgan fingerprint density at radius 3 is 2.27 bits per heavy atom. The van der Waals surface area contributed by atoms with Crippen molar-refractivity contribution in [1.29, 1.82) is 0 Å². The lowest BCUT2D eigenvalue weighted by molar-refractivity contribution is -0.133. The second kappa shape index (κ2) is 11.2. The highest BCUT2D eigenvalue weighted by atomic mass is 79.9. The molecule has 1 saturated heterocycles. The maximum atomic E-state index is 13.5. The first-order chi connectivity index (χ1) is 17.9. The van der Waals surface area contributed by atoms with Gasteiger partial charge in [-0.1, -0.05) is 52.3 Å². The minimum atomic E-state index is -3.86. The van der Waals surface area contributed by atoms with E-state index in [1.165, 1.54) is 4.31 Å². The predicted octanol–water partition coefficient (Wildman–Crippen LogP) is 3.71. The summed E-state index contributed by atoms with van der Waals surface area (Å²) in [5.74, 6) is 1.33. The molecule has 8 nitrogen and oxygen atoms in total. The number of rotatable bonds is 8. The highest BCUT2D eigenvalue weighted by molar-refractivity contribution is 9.10. The van der Waals surface area contributed by atoms with Crippen LogP contribution in [0, 0.1) is 0 Å². The molecule has 194 valence electrons. The number of benzene rings is 3. The number of hydrogen-bond acceptors (Lipinski definition) is 6. The number of amides is 1. The molecule has 0 radical (unpaired) electrons. The van der Waals surface area contributed by atoms with Crippen molar-refractivity contribution in [1.82, 2.24) is 14.1 Å². The van der Waals surface area contributed by atoms with E-state index in [0.717, 1.165) is 33.6 Å². The molecule has 2 aliphatic heterocycles. The Morgan fingerprint density at radius 1 is 0.865 bits per heavy atom. The summed E-state index contributed by atoms with van der Waals surface area (Å²) < 4.78 is 40.0. The molecule has 5 rings (SSSR count). The molecule has 0 aliphatic carbocycles. The van der Waals surface area contributed by atoms with Gasteiger partial charge in [0.05, 0.1) is 11.4 Å². The number of halogens is 1. The van der Waals surface area contributed by atoms with Crippen molar-refractivity contribution in [2.24, 2.45) is 0 Å². The van der Waals surface area contributed by atoms with Crippen molar-refractivity contribution in [2.45, 2.75) is 18.0 Å². The van der Waals surface area contributed by atoms with E-state index in [1.54, 1.807) is 35.2 Å². The van der Waals surface area contributed by atoms with Crippen LogP contribution in [0.2, 0.25) is 0 Å². The van der Waals surface area contributed by atoms with E-state index in [0.29, 0.717) is 26.2 Å². The molecule has 0 aromatic heterocycles. The molecule has 1 amide bonds. The van der Waals surface area contributed by atoms with Crippen LogP contribution in [-0.4, -0.2) is 67.9 Å². The summed E-state index contributed by atoms with van der Waals surface area (Å²) in [7, 11) is -3.86. The highest BCUT2D eigenvalue weighted by Crippen LogP contribution is 2.33. The van der Waals surface area contributed by atoms with E-state index in [-0.39, 0.29) is 30.7 Å².